The van der Waals surface area contributed by atoms with Crippen molar-refractivity contribution in [3.63, 3.8) is 0 Å². The Hall–Kier alpha value is -2.12. The van der Waals surface area contributed by atoms with Crippen molar-refractivity contribution in [3.8, 4) is 0 Å². The number of aromatic nitrogens is 2. The Labute approximate surface area is 145 Å². The predicted octanol–water partition coefficient (Wildman–Crippen LogP) is 3.02. The molecule has 0 aliphatic heterocycles. The van der Waals surface area contributed by atoms with Gasteiger partial charge in [0.25, 0.3) is 0 Å². The lowest BCUT2D eigenvalue weighted by molar-refractivity contribution is 0.0494. The number of hydrogen-bond acceptors (Lipinski definition) is 6. The van der Waals surface area contributed by atoms with E-state index in [0.29, 0.717) is 11.4 Å². The summed E-state index contributed by atoms with van der Waals surface area (Å²) in [6.07, 6.45) is -0.186. The number of nitrogens with one attached hydrogen (secondary N) is 1. The molecule has 1 amide bonds. The third kappa shape index (κ3) is 5.50. The minimum atomic E-state index is -0.625. The Morgan fingerprint density at radius 3 is 2.54 bits per heavy atom. The van der Waals surface area contributed by atoms with Crippen LogP contribution in [0.25, 0.3) is 0 Å². The highest BCUT2D eigenvalue weighted by atomic mass is 35.5. The molecule has 1 aromatic carbocycles. The summed E-state index contributed by atoms with van der Waals surface area (Å²) in [6.45, 7) is 4.96. The molecule has 0 bridgehead atoms. The molecular formula is C16H20ClN3O4. The summed E-state index contributed by atoms with van der Waals surface area (Å²) in [6, 6.07) is 6.61. The lowest BCUT2D eigenvalue weighted by Crippen LogP contribution is -2.36. The maximum Gasteiger partial charge on any atom is 0.408 e. The molecule has 1 heterocycles. The van der Waals surface area contributed by atoms with Gasteiger partial charge in [0.1, 0.15) is 18.2 Å². The van der Waals surface area contributed by atoms with Gasteiger partial charge < -0.3 is 19.6 Å². The molecule has 0 aliphatic rings. The van der Waals surface area contributed by atoms with Crippen molar-refractivity contribution in [2.75, 3.05) is 0 Å². The number of ether oxygens (including phenoxy) is 1. The monoisotopic (exact) mass is 353 g/mol. The first kappa shape index (κ1) is 18.2. The zero-order valence-corrected chi connectivity index (χ0v) is 14.5. The van der Waals surface area contributed by atoms with E-state index >= 15 is 0 Å². The van der Waals surface area contributed by atoms with Crippen molar-refractivity contribution in [1.29, 1.82) is 0 Å². The topological polar surface area (TPSA) is 97.5 Å². The maximum atomic E-state index is 12.1. The molecule has 0 spiro atoms. The predicted molar refractivity (Wildman–Crippen MR) is 87.5 cm³/mol. The van der Waals surface area contributed by atoms with E-state index in [1.165, 1.54) is 0 Å². The van der Waals surface area contributed by atoms with Crippen molar-refractivity contribution < 1.29 is 19.1 Å². The van der Waals surface area contributed by atoms with Gasteiger partial charge in [0.2, 0.25) is 11.8 Å². The van der Waals surface area contributed by atoms with E-state index in [1.807, 2.05) is 12.1 Å². The fraction of sp³-hybridized carbons (Fsp3) is 0.438. The first-order valence-electron chi connectivity index (χ1n) is 7.44. The highest BCUT2D eigenvalue weighted by molar-refractivity contribution is 6.30. The van der Waals surface area contributed by atoms with Crippen LogP contribution in [-0.4, -0.2) is 27.0 Å². The van der Waals surface area contributed by atoms with Gasteiger partial charge in [-0.05, 0) is 38.5 Å². The van der Waals surface area contributed by atoms with Crippen LogP contribution in [0, 0.1) is 0 Å². The Morgan fingerprint density at radius 1 is 1.33 bits per heavy atom. The Kier molecular flexibility index (Phi) is 5.80. The van der Waals surface area contributed by atoms with Gasteiger partial charge in [-0.2, -0.15) is 0 Å². The van der Waals surface area contributed by atoms with Crippen molar-refractivity contribution in [2.45, 2.75) is 45.4 Å². The third-order valence-electron chi connectivity index (χ3n) is 2.96. The van der Waals surface area contributed by atoms with E-state index in [-0.39, 0.29) is 18.4 Å². The highest BCUT2D eigenvalue weighted by Crippen LogP contribution is 2.20. The van der Waals surface area contributed by atoms with Crippen LogP contribution in [0.4, 0.5) is 4.79 Å². The lowest BCUT2D eigenvalue weighted by atomic mass is 10.1. The van der Waals surface area contributed by atoms with Gasteiger partial charge in [-0.3, -0.25) is 0 Å². The van der Waals surface area contributed by atoms with Crippen molar-refractivity contribution in [2.24, 2.45) is 0 Å². The second-order valence-corrected chi connectivity index (χ2v) is 6.66. The lowest BCUT2D eigenvalue weighted by Gasteiger charge is -2.22. The van der Waals surface area contributed by atoms with Crippen molar-refractivity contribution in [3.05, 3.63) is 46.6 Å². The van der Waals surface area contributed by atoms with Crippen LogP contribution in [0.1, 0.15) is 44.2 Å². The maximum absolute atomic E-state index is 12.1. The van der Waals surface area contributed by atoms with Crippen molar-refractivity contribution >= 4 is 17.7 Å². The minimum Gasteiger partial charge on any atom is -0.444 e. The molecule has 0 unspecified atom stereocenters. The standard InChI is InChI=1S/C16H20ClN3O4/c1-16(2,3)24-15(22)18-12(14-20-19-13(9-21)23-14)8-10-4-6-11(17)7-5-10/h4-7,12,21H,8-9H2,1-3H3,(H,18,22)/t12-/m0/s1. The zero-order chi connectivity index (χ0) is 17.7. The number of halogens is 1. The summed E-state index contributed by atoms with van der Waals surface area (Å²) in [5.41, 5.74) is 0.296. The molecule has 0 aliphatic carbocycles. The molecule has 24 heavy (non-hydrogen) atoms. The van der Waals surface area contributed by atoms with Crippen LogP contribution < -0.4 is 5.32 Å². The number of hydrogen-bond donors (Lipinski definition) is 2. The number of carbonyl (C=O) groups is 1. The van der Waals surface area contributed by atoms with Crippen LogP contribution in [0.15, 0.2) is 28.7 Å². The highest BCUT2D eigenvalue weighted by Gasteiger charge is 2.24. The number of rotatable bonds is 5. The molecule has 1 aromatic heterocycles. The molecule has 130 valence electrons. The van der Waals surface area contributed by atoms with E-state index in [0.717, 1.165) is 5.56 Å². The smallest absolute Gasteiger partial charge is 0.408 e. The summed E-state index contributed by atoms with van der Waals surface area (Å²) in [4.78, 5) is 12.1. The molecular weight excluding hydrogens is 334 g/mol. The Bertz CT molecular complexity index is 679. The quantitative estimate of drug-likeness (QED) is 0.857. The van der Waals surface area contributed by atoms with Gasteiger partial charge in [0.15, 0.2) is 0 Å². The summed E-state index contributed by atoms with van der Waals surface area (Å²) < 4.78 is 10.6. The van der Waals surface area contributed by atoms with Gasteiger partial charge in [0.05, 0.1) is 0 Å². The van der Waals surface area contributed by atoms with Gasteiger partial charge in [-0.15, -0.1) is 10.2 Å². The number of benzene rings is 1. The molecule has 0 saturated heterocycles. The molecule has 2 aromatic rings. The third-order valence-corrected chi connectivity index (χ3v) is 3.21. The SMILES string of the molecule is CC(C)(C)OC(=O)N[C@@H](Cc1ccc(Cl)cc1)c1nnc(CO)o1. The van der Waals surface area contributed by atoms with E-state index in [9.17, 15) is 4.79 Å². The Morgan fingerprint density at radius 2 is 2.00 bits per heavy atom. The molecule has 0 saturated carbocycles. The first-order valence-corrected chi connectivity index (χ1v) is 7.82. The van der Waals surface area contributed by atoms with E-state index in [2.05, 4.69) is 15.5 Å². The summed E-state index contributed by atoms with van der Waals surface area (Å²) in [7, 11) is 0. The van der Waals surface area contributed by atoms with E-state index < -0.39 is 17.7 Å². The number of carbonyl (C=O) groups excluding carboxylic acids is 1. The molecule has 0 fully saturated rings. The summed E-state index contributed by atoms with van der Waals surface area (Å²) in [5.74, 6) is 0.275. The first-order chi connectivity index (χ1) is 11.3. The van der Waals surface area contributed by atoms with E-state index in [4.69, 9.17) is 25.9 Å². The summed E-state index contributed by atoms with van der Waals surface area (Å²) in [5, 5.41) is 20.0. The van der Waals surface area contributed by atoms with E-state index in [1.54, 1.807) is 32.9 Å². The molecule has 1 atom stereocenters. The average Bonchev–Trinajstić information content (AvgIpc) is 2.96. The Balaban J connectivity index is 2.17. The van der Waals surface area contributed by atoms with Crippen LogP contribution in [-0.2, 0) is 17.8 Å². The molecule has 2 rings (SSSR count). The second kappa shape index (κ2) is 7.63. The van der Waals surface area contributed by atoms with Crippen LogP contribution in [0.3, 0.4) is 0 Å². The number of nitrogens with zero attached hydrogens (tertiary/aromatic N) is 2. The van der Waals surface area contributed by atoms with Gasteiger partial charge >= 0.3 is 6.09 Å². The zero-order valence-electron chi connectivity index (χ0n) is 13.7. The van der Waals surface area contributed by atoms with Gasteiger partial charge in [0, 0.05) is 11.4 Å². The largest absolute Gasteiger partial charge is 0.444 e. The summed E-state index contributed by atoms with van der Waals surface area (Å²) >= 11 is 5.89. The molecule has 8 heteroatoms. The van der Waals surface area contributed by atoms with Crippen LogP contribution >= 0.6 is 11.6 Å². The fourth-order valence-electron chi connectivity index (χ4n) is 1.98. The average molecular weight is 354 g/mol. The normalized spacial score (nSPS) is 12.7. The molecule has 7 nitrogen and oxygen atoms in total. The molecule has 0 radical (unpaired) electrons. The van der Waals surface area contributed by atoms with Gasteiger partial charge in [-0.25, -0.2) is 4.79 Å². The number of aliphatic hydroxyl groups is 1. The van der Waals surface area contributed by atoms with Crippen LogP contribution in [0.5, 0.6) is 0 Å². The van der Waals surface area contributed by atoms with Crippen LogP contribution in [0.2, 0.25) is 5.02 Å². The number of alkyl carbamates (subject to hydrolysis) is 1. The minimum absolute atomic E-state index is 0.0806. The number of amides is 1. The second-order valence-electron chi connectivity index (χ2n) is 6.22. The fourth-order valence-corrected chi connectivity index (χ4v) is 2.10. The van der Waals surface area contributed by atoms with Gasteiger partial charge in [-0.1, -0.05) is 23.7 Å². The van der Waals surface area contributed by atoms with Crippen molar-refractivity contribution in [1.82, 2.24) is 15.5 Å². The molecule has 2 N–H and O–H groups in total. The number of aliphatic hydroxyl groups excluding tert-OH is 1.